The topological polar surface area (TPSA) is 72.9 Å². The van der Waals surface area contributed by atoms with Crippen molar-refractivity contribution in [1.29, 1.82) is 0 Å². The molecule has 0 saturated heterocycles. The summed E-state index contributed by atoms with van der Waals surface area (Å²) in [6, 6.07) is 5.90. The number of anilines is 1. The SMILES string of the molecule is CCn1nc(C)c(N)c1C(=O)NC(C)c1ccccc1F. The van der Waals surface area contributed by atoms with Crippen molar-refractivity contribution in [2.45, 2.75) is 33.4 Å². The summed E-state index contributed by atoms with van der Waals surface area (Å²) in [6.45, 7) is 5.89. The van der Waals surface area contributed by atoms with Gasteiger partial charge in [-0.25, -0.2) is 4.39 Å². The van der Waals surface area contributed by atoms with Crippen molar-refractivity contribution in [3.63, 3.8) is 0 Å². The van der Waals surface area contributed by atoms with Crippen molar-refractivity contribution < 1.29 is 9.18 Å². The van der Waals surface area contributed by atoms with E-state index in [0.717, 1.165) is 0 Å². The predicted octanol–water partition coefficient (Wildman–Crippen LogP) is 2.42. The van der Waals surface area contributed by atoms with Gasteiger partial charge in [0, 0.05) is 12.1 Å². The standard InChI is InChI=1S/C15H19FN4O/c1-4-20-14(13(17)10(3)19-20)15(21)18-9(2)11-7-5-6-8-12(11)16/h5-9H,4,17H2,1-3H3,(H,18,21). The summed E-state index contributed by atoms with van der Waals surface area (Å²) in [5, 5.41) is 6.97. The summed E-state index contributed by atoms with van der Waals surface area (Å²) < 4.78 is 15.3. The summed E-state index contributed by atoms with van der Waals surface area (Å²) in [4.78, 5) is 12.4. The van der Waals surface area contributed by atoms with Crippen LogP contribution in [-0.2, 0) is 6.54 Å². The fourth-order valence-corrected chi connectivity index (χ4v) is 2.23. The van der Waals surface area contributed by atoms with Crippen molar-refractivity contribution in [1.82, 2.24) is 15.1 Å². The van der Waals surface area contributed by atoms with Gasteiger partial charge in [-0.3, -0.25) is 9.48 Å². The molecule has 6 heteroatoms. The van der Waals surface area contributed by atoms with E-state index in [1.807, 2.05) is 6.92 Å². The van der Waals surface area contributed by atoms with Crippen LogP contribution in [0, 0.1) is 12.7 Å². The van der Waals surface area contributed by atoms with Crippen LogP contribution in [0.25, 0.3) is 0 Å². The van der Waals surface area contributed by atoms with Crippen LogP contribution < -0.4 is 11.1 Å². The van der Waals surface area contributed by atoms with Gasteiger partial charge in [0.15, 0.2) is 0 Å². The van der Waals surface area contributed by atoms with Gasteiger partial charge in [0.05, 0.1) is 17.4 Å². The molecule has 1 unspecified atom stereocenters. The molecule has 0 radical (unpaired) electrons. The Labute approximate surface area is 123 Å². The molecule has 112 valence electrons. The number of nitrogens with one attached hydrogen (secondary N) is 1. The van der Waals surface area contributed by atoms with Gasteiger partial charge in [0.2, 0.25) is 0 Å². The molecule has 1 atom stereocenters. The lowest BCUT2D eigenvalue weighted by Gasteiger charge is -2.15. The van der Waals surface area contributed by atoms with E-state index in [0.29, 0.717) is 29.2 Å². The van der Waals surface area contributed by atoms with Gasteiger partial charge in [-0.1, -0.05) is 18.2 Å². The molecule has 5 nitrogen and oxygen atoms in total. The molecule has 1 heterocycles. The Kier molecular flexibility index (Phi) is 4.26. The Bertz CT molecular complexity index is 666. The number of nitrogens with zero attached hydrogens (tertiary/aromatic N) is 2. The molecule has 0 fully saturated rings. The molecule has 0 aliphatic heterocycles. The number of nitrogen functional groups attached to an aromatic ring is 1. The van der Waals surface area contributed by atoms with Crippen molar-refractivity contribution in [3.05, 3.63) is 47.0 Å². The molecule has 21 heavy (non-hydrogen) atoms. The number of nitrogens with two attached hydrogens (primary N) is 1. The van der Waals surface area contributed by atoms with E-state index >= 15 is 0 Å². The highest BCUT2D eigenvalue weighted by atomic mass is 19.1. The highest BCUT2D eigenvalue weighted by molar-refractivity contribution is 5.98. The Morgan fingerprint density at radius 3 is 2.76 bits per heavy atom. The van der Waals surface area contributed by atoms with E-state index in [1.165, 1.54) is 6.07 Å². The number of hydrogen-bond donors (Lipinski definition) is 2. The third-order valence-corrected chi connectivity index (χ3v) is 3.41. The van der Waals surface area contributed by atoms with Crippen molar-refractivity contribution in [2.75, 3.05) is 5.73 Å². The third kappa shape index (κ3) is 2.89. The number of benzene rings is 1. The number of amides is 1. The number of hydrogen-bond acceptors (Lipinski definition) is 3. The van der Waals surface area contributed by atoms with Crippen LogP contribution in [0.15, 0.2) is 24.3 Å². The van der Waals surface area contributed by atoms with Gasteiger partial charge in [-0.15, -0.1) is 0 Å². The first kappa shape index (κ1) is 15.0. The van der Waals surface area contributed by atoms with E-state index < -0.39 is 6.04 Å². The second-order valence-electron chi connectivity index (χ2n) is 4.88. The molecule has 1 amide bonds. The lowest BCUT2D eigenvalue weighted by molar-refractivity contribution is 0.0929. The molecular weight excluding hydrogens is 271 g/mol. The minimum absolute atomic E-state index is 0.318. The van der Waals surface area contributed by atoms with Gasteiger partial charge < -0.3 is 11.1 Å². The maximum Gasteiger partial charge on any atom is 0.272 e. The second-order valence-corrected chi connectivity index (χ2v) is 4.88. The minimum Gasteiger partial charge on any atom is -0.395 e. The van der Waals surface area contributed by atoms with Gasteiger partial charge in [-0.05, 0) is 26.8 Å². The molecule has 3 N–H and O–H groups in total. The maximum absolute atomic E-state index is 13.7. The number of carbonyl (C=O) groups excluding carboxylic acids is 1. The molecular formula is C15H19FN4O. The fourth-order valence-electron chi connectivity index (χ4n) is 2.23. The normalized spacial score (nSPS) is 12.2. The molecule has 0 saturated carbocycles. The van der Waals surface area contributed by atoms with Crippen molar-refractivity contribution >= 4 is 11.6 Å². The summed E-state index contributed by atoms with van der Waals surface area (Å²) in [6.07, 6.45) is 0. The molecule has 1 aromatic carbocycles. The first-order valence-corrected chi connectivity index (χ1v) is 6.83. The number of aromatic nitrogens is 2. The first-order chi connectivity index (χ1) is 9.95. The average molecular weight is 290 g/mol. The van der Waals surface area contributed by atoms with Gasteiger partial charge in [0.25, 0.3) is 5.91 Å². The maximum atomic E-state index is 13.7. The molecule has 0 aliphatic carbocycles. The summed E-state index contributed by atoms with van der Waals surface area (Å²) >= 11 is 0. The quantitative estimate of drug-likeness (QED) is 0.908. The van der Waals surface area contributed by atoms with Crippen LogP contribution in [0.5, 0.6) is 0 Å². The Morgan fingerprint density at radius 1 is 1.48 bits per heavy atom. The average Bonchev–Trinajstić information content (AvgIpc) is 2.74. The number of aryl methyl sites for hydroxylation is 2. The smallest absolute Gasteiger partial charge is 0.272 e. The molecule has 2 rings (SSSR count). The molecule has 0 spiro atoms. The van der Waals surface area contributed by atoms with Crippen LogP contribution in [-0.4, -0.2) is 15.7 Å². The summed E-state index contributed by atoms with van der Waals surface area (Å²) in [5.74, 6) is -0.704. The zero-order chi connectivity index (χ0) is 15.6. The van der Waals surface area contributed by atoms with E-state index in [-0.39, 0.29) is 11.7 Å². The van der Waals surface area contributed by atoms with Gasteiger partial charge in [0.1, 0.15) is 11.5 Å². The lowest BCUT2D eigenvalue weighted by atomic mass is 10.1. The van der Waals surface area contributed by atoms with Crippen molar-refractivity contribution in [2.24, 2.45) is 0 Å². The third-order valence-electron chi connectivity index (χ3n) is 3.41. The van der Waals surface area contributed by atoms with E-state index in [2.05, 4.69) is 10.4 Å². The minimum atomic E-state index is -0.460. The zero-order valence-corrected chi connectivity index (χ0v) is 12.4. The van der Waals surface area contributed by atoms with E-state index in [4.69, 9.17) is 5.73 Å². The molecule has 2 aromatic rings. The van der Waals surface area contributed by atoms with Crippen molar-refractivity contribution in [3.8, 4) is 0 Å². The van der Waals surface area contributed by atoms with E-state index in [1.54, 1.807) is 36.7 Å². The van der Waals surface area contributed by atoms with Gasteiger partial charge >= 0.3 is 0 Å². The van der Waals surface area contributed by atoms with Crippen LogP contribution >= 0.6 is 0 Å². The van der Waals surface area contributed by atoms with Crippen LogP contribution in [0.4, 0.5) is 10.1 Å². The highest BCUT2D eigenvalue weighted by Gasteiger charge is 2.21. The van der Waals surface area contributed by atoms with Crippen LogP contribution in [0.1, 0.15) is 41.6 Å². The predicted molar refractivity (Wildman–Crippen MR) is 79.3 cm³/mol. The monoisotopic (exact) mass is 290 g/mol. The Hall–Kier alpha value is -2.37. The molecule has 1 aromatic heterocycles. The fraction of sp³-hybridized carbons (Fsp3) is 0.333. The number of halogens is 1. The highest BCUT2D eigenvalue weighted by Crippen LogP contribution is 2.20. The van der Waals surface area contributed by atoms with Crippen LogP contribution in [0.3, 0.4) is 0 Å². The Balaban J connectivity index is 2.24. The zero-order valence-electron chi connectivity index (χ0n) is 12.4. The molecule has 0 bridgehead atoms. The number of rotatable bonds is 4. The van der Waals surface area contributed by atoms with Gasteiger partial charge in [-0.2, -0.15) is 5.10 Å². The largest absolute Gasteiger partial charge is 0.395 e. The lowest BCUT2D eigenvalue weighted by Crippen LogP contribution is -2.30. The van der Waals surface area contributed by atoms with Crippen LogP contribution in [0.2, 0.25) is 0 Å². The summed E-state index contributed by atoms with van der Waals surface area (Å²) in [5.41, 5.74) is 7.63. The second kappa shape index (κ2) is 5.95. The molecule has 0 aliphatic rings. The van der Waals surface area contributed by atoms with E-state index in [9.17, 15) is 9.18 Å². The number of carbonyl (C=O) groups is 1. The Morgan fingerprint density at radius 2 is 2.14 bits per heavy atom. The summed E-state index contributed by atoms with van der Waals surface area (Å²) in [7, 11) is 0. The first-order valence-electron chi connectivity index (χ1n) is 6.83.